The Morgan fingerprint density at radius 1 is 1.17 bits per heavy atom. The van der Waals surface area contributed by atoms with Crippen molar-refractivity contribution in [1.82, 2.24) is 4.98 Å². The Morgan fingerprint density at radius 3 is 2.75 bits per heavy atom. The number of ether oxygens (including phenoxy) is 3. The molecule has 5 unspecified atom stereocenters. The first kappa shape index (κ1) is 27.0. The van der Waals surface area contributed by atoms with Crippen LogP contribution in [0.3, 0.4) is 0 Å². The second-order valence-corrected chi connectivity index (χ2v) is 10.8. The highest BCUT2D eigenvalue weighted by molar-refractivity contribution is 7.15. The van der Waals surface area contributed by atoms with Crippen molar-refractivity contribution in [2.45, 2.75) is 56.7 Å². The number of thiazole rings is 1. The van der Waals surface area contributed by atoms with E-state index in [-0.39, 0.29) is 13.2 Å². The second-order valence-electron chi connectivity index (χ2n) is 8.49. The number of hydrogen-bond acceptors (Lipinski definition) is 10. The van der Waals surface area contributed by atoms with E-state index in [1.807, 2.05) is 24.6 Å². The number of aliphatic hydroxyl groups excluding tert-OH is 3. The van der Waals surface area contributed by atoms with Crippen LogP contribution in [0.15, 0.2) is 41.2 Å². The van der Waals surface area contributed by atoms with Crippen LogP contribution in [-0.4, -0.2) is 64.1 Å². The van der Waals surface area contributed by atoms with Gasteiger partial charge in [0.15, 0.2) is 0 Å². The third-order valence-electron chi connectivity index (χ3n) is 5.89. The summed E-state index contributed by atoms with van der Waals surface area (Å²) in [5.74, 6) is 0. The topological polar surface area (TPSA) is 118 Å². The average Bonchev–Trinajstić information content (AvgIpc) is 3.56. The lowest BCUT2D eigenvalue weighted by atomic mass is 9.90. The van der Waals surface area contributed by atoms with Gasteiger partial charge in [0.05, 0.1) is 16.5 Å². The first-order chi connectivity index (χ1) is 17.4. The zero-order valence-corrected chi connectivity index (χ0v) is 22.0. The SMILES string of the molecule is CCCCOC(=O)OCC1OC(c2ccc(Cl)c(Cc3ncc(-c4ccsc4)s3)c2)C(O)C(O)C1O. The molecule has 1 aliphatic rings. The molecule has 4 rings (SSSR count). The first-order valence-corrected chi connectivity index (χ1v) is 13.8. The number of unbranched alkanes of at least 4 members (excludes halogenated alkanes) is 1. The Bertz CT molecular complexity index is 1140. The normalized spacial score (nSPS) is 24.0. The molecule has 2 aromatic heterocycles. The van der Waals surface area contributed by atoms with E-state index in [0.717, 1.165) is 27.4 Å². The van der Waals surface area contributed by atoms with Crippen molar-refractivity contribution in [2.75, 3.05) is 13.2 Å². The molecule has 0 spiro atoms. The minimum Gasteiger partial charge on any atom is -0.434 e. The van der Waals surface area contributed by atoms with Gasteiger partial charge in [-0.15, -0.1) is 11.3 Å². The Kier molecular flexibility index (Phi) is 9.35. The Morgan fingerprint density at radius 2 is 2.00 bits per heavy atom. The molecule has 3 N–H and O–H groups in total. The number of carbonyl (C=O) groups is 1. The monoisotopic (exact) mass is 553 g/mol. The van der Waals surface area contributed by atoms with Gasteiger partial charge in [-0.3, -0.25) is 0 Å². The van der Waals surface area contributed by atoms with Crippen molar-refractivity contribution in [3.05, 3.63) is 62.4 Å². The number of thiophene rings is 1. The third-order valence-corrected chi connectivity index (χ3v) is 7.99. The molecule has 3 aromatic rings. The molecule has 0 bridgehead atoms. The fraction of sp³-hybridized carbons (Fsp3) is 0.440. The summed E-state index contributed by atoms with van der Waals surface area (Å²) in [5, 5.41) is 37.0. The van der Waals surface area contributed by atoms with Crippen molar-refractivity contribution in [3.63, 3.8) is 0 Å². The summed E-state index contributed by atoms with van der Waals surface area (Å²) in [7, 11) is 0. The van der Waals surface area contributed by atoms with Gasteiger partial charge in [-0.25, -0.2) is 9.78 Å². The zero-order chi connectivity index (χ0) is 25.7. The number of aromatic nitrogens is 1. The molecule has 5 atom stereocenters. The van der Waals surface area contributed by atoms with Gasteiger partial charge in [0.2, 0.25) is 0 Å². The molecule has 1 aliphatic heterocycles. The quantitative estimate of drug-likeness (QED) is 0.260. The molecule has 11 heteroatoms. The van der Waals surface area contributed by atoms with Gasteiger partial charge in [-0.1, -0.05) is 37.1 Å². The van der Waals surface area contributed by atoms with Crippen LogP contribution < -0.4 is 0 Å². The largest absolute Gasteiger partial charge is 0.508 e. The van der Waals surface area contributed by atoms with Crippen LogP contribution in [0.5, 0.6) is 0 Å². The van der Waals surface area contributed by atoms with Gasteiger partial charge in [-0.2, -0.15) is 11.3 Å². The third kappa shape index (κ3) is 6.44. The Balaban J connectivity index is 1.46. The zero-order valence-electron chi connectivity index (χ0n) is 19.6. The Labute approximate surface area is 222 Å². The van der Waals surface area contributed by atoms with E-state index >= 15 is 0 Å². The number of carbonyl (C=O) groups excluding carboxylic acids is 1. The minimum atomic E-state index is -1.50. The molecule has 194 valence electrons. The summed E-state index contributed by atoms with van der Waals surface area (Å²) >= 11 is 9.66. The fourth-order valence-corrected chi connectivity index (χ4v) is 5.71. The Hall–Kier alpha value is -2.05. The van der Waals surface area contributed by atoms with Gasteiger partial charge >= 0.3 is 6.16 Å². The molecular weight excluding hydrogens is 526 g/mol. The van der Waals surface area contributed by atoms with Gasteiger partial charge < -0.3 is 29.5 Å². The highest BCUT2D eigenvalue weighted by Gasteiger charge is 2.44. The molecule has 1 aromatic carbocycles. The van der Waals surface area contributed by atoms with Crippen LogP contribution in [0.2, 0.25) is 5.02 Å². The number of rotatable bonds is 9. The summed E-state index contributed by atoms with van der Waals surface area (Å²) in [6, 6.07) is 7.23. The summed E-state index contributed by atoms with van der Waals surface area (Å²) in [6.07, 6.45) is -3.36. The highest BCUT2D eigenvalue weighted by atomic mass is 35.5. The lowest BCUT2D eigenvalue weighted by Crippen LogP contribution is -2.55. The van der Waals surface area contributed by atoms with E-state index in [0.29, 0.717) is 23.4 Å². The minimum absolute atomic E-state index is 0.231. The van der Waals surface area contributed by atoms with Gasteiger partial charge in [0, 0.05) is 23.2 Å². The molecule has 0 radical (unpaired) electrons. The van der Waals surface area contributed by atoms with E-state index in [9.17, 15) is 20.1 Å². The number of nitrogens with zero attached hydrogens (tertiary/aromatic N) is 1. The van der Waals surface area contributed by atoms with Crippen molar-refractivity contribution in [1.29, 1.82) is 0 Å². The maximum atomic E-state index is 11.8. The van der Waals surface area contributed by atoms with E-state index in [1.54, 1.807) is 40.9 Å². The van der Waals surface area contributed by atoms with Crippen LogP contribution in [0.4, 0.5) is 4.79 Å². The van der Waals surface area contributed by atoms with Crippen molar-refractivity contribution in [2.24, 2.45) is 0 Å². The predicted molar refractivity (Wildman–Crippen MR) is 138 cm³/mol. The van der Waals surface area contributed by atoms with Crippen LogP contribution in [0, 0.1) is 0 Å². The molecule has 0 aliphatic carbocycles. The standard InChI is InChI=1S/C25H28ClNO7S2/c1-2-3-7-32-25(31)33-12-18-21(28)22(29)23(30)24(34-18)14-4-5-17(26)16(9-14)10-20-27-11-19(36-20)15-6-8-35-13-15/h4-6,8-9,11,13,18,21-24,28-30H,2-3,7,10,12H2,1H3. The lowest BCUT2D eigenvalue weighted by molar-refractivity contribution is -0.232. The summed E-state index contributed by atoms with van der Waals surface area (Å²) < 4.78 is 15.9. The number of aliphatic hydroxyl groups is 3. The van der Waals surface area contributed by atoms with E-state index < -0.39 is 36.7 Å². The van der Waals surface area contributed by atoms with E-state index in [1.165, 1.54) is 0 Å². The number of benzene rings is 1. The first-order valence-electron chi connectivity index (χ1n) is 11.6. The van der Waals surface area contributed by atoms with Crippen LogP contribution in [-0.2, 0) is 20.6 Å². The molecule has 3 heterocycles. The number of halogens is 1. The molecule has 0 saturated carbocycles. The van der Waals surface area contributed by atoms with Gasteiger partial charge in [0.25, 0.3) is 0 Å². The van der Waals surface area contributed by atoms with E-state index in [2.05, 4.69) is 10.4 Å². The van der Waals surface area contributed by atoms with Crippen molar-refractivity contribution < 1.29 is 34.3 Å². The molecule has 36 heavy (non-hydrogen) atoms. The summed E-state index contributed by atoms with van der Waals surface area (Å²) in [5.41, 5.74) is 2.47. The van der Waals surface area contributed by atoms with Gasteiger partial charge in [0.1, 0.15) is 37.1 Å². The summed E-state index contributed by atoms with van der Waals surface area (Å²) in [6.45, 7) is 1.86. The lowest BCUT2D eigenvalue weighted by Gasteiger charge is -2.40. The average molecular weight is 554 g/mol. The van der Waals surface area contributed by atoms with Crippen LogP contribution >= 0.6 is 34.3 Å². The maximum Gasteiger partial charge on any atom is 0.508 e. The molecule has 1 saturated heterocycles. The second kappa shape index (κ2) is 12.5. The fourth-order valence-electron chi connectivity index (χ4n) is 3.86. The molecule has 1 fully saturated rings. The maximum absolute atomic E-state index is 11.8. The van der Waals surface area contributed by atoms with Gasteiger partial charge in [-0.05, 0) is 40.4 Å². The van der Waals surface area contributed by atoms with E-state index in [4.69, 9.17) is 25.8 Å². The smallest absolute Gasteiger partial charge is 0.434 e. The molecular formula is C25H28ClNO7S2. The predicted octanol–water partition coefficient (Wildman–Crippen LogP) is 4.59. The van der Waals surface area contributed by atoms with Crippen LogP contribution in [0.1, 0.15) is 42.0 Å². The highest BCUT2D eigenvalue weighted by Crippen LogP contribution is 2.35. The number of hydrogen-bond donors (Lipinski definition) is 3. The molecule has 8 nitrogen and oxygen atoms in total. The van der Waals surface area contributed by atoms with Crippen molar-refractivity contribution in [3.8, 4) is 10.4 Å². The summed E-state index contributed by atoms with van der Waals surface area (Å²) in [4.78, 5) is 17.4. The molecule has 0 amide bonds. The van der Waals surface area contributed by atoms with Crippen LogP contribution in [0.25, 0.3) is 10.4 Å². The van der Waals surface area contributed by atoms with Crippen molar-refractivity contribution >= 4 is 40.4 Å².